The van der Waals surface area contributed by atoms with Crippen molar-refractivity contribution in [1.29, 1.82) is 0 Å². The number of nitrogens with zero attached hydrogens (tertiary/aromatic N) is 1. The van der Waals surface area contributed by atoms with Crippen molar-refractivity contribution in [2.24, 2.45) is 0 Å². The number of ketones is 1. The fraction of sp³-hybridized carbons (Fsp3) is 0.250. The number of hydrogen-bond acceptors (Lipinski definition) is 2. The lowest BCUT2D eigenvalue weighted by Gasteiger charge is -2.12. The van der Waals surface area contributed by atoms with Gasteiger partial charge in [-0.05, 0) is 60.8 Å². The number of likely N-dealkylation sites (N-methyl/N-ethyl adjacent to an activating group) is 1. The van der Waals surface area contributed by atoms with Gasteiger partial charge < -0.3 is 4.90 Å². The zero-order valence-corrected chi connectivity index (χ0v) is 14.4. The first kappa shape index (κ1) is 17.5. The normalized spacial score (nSPS) is 12.7. The third-order valence-electron chi connectivity index (χ3n) is 4.06. The van der Waals surface area contributed by atoms with Gasteiger partial charge in [0.25, 0.3) is 0 Å². The number of carbonyl (C=O) groups excluding carboxylic acids is 1. The molecule has 0 atom stereocenters. The van der Waals surface area contributed by atoms with Gasteiger partial charge >= 0.3 is 0 Å². The van der Waals surface area contributed by atoms with E-state index in [9.17, 15) is 4.79 Å². The summed E-state index contributed by atoms with van der Waals surface area (Å²) < 4.78 is 0. The number of halogens is 1. The predicted octanol–water partition coefficient (Wildman–Crippen LogP) is 3.77. The second-order valence-electron chi connectivity index (χ2n) is 6.08. The molecule has 0 fully saturated rings. The number of carbonyl (C=O) groups is 1. The lowest BCUT2D eigenvalue weighted by atomic mass is 9.93. The zero-order chi connectivity index (χ0) is 15.5. The maximum absolute atomic E-state index is 12.3. The minimum Gasteiger partial charge on any atom is -0.302 e. The van der Waals surface area contributed by atoms with Crippen molar-refractivity contribution in [2.45, 2.75) is 12.8 Å². The highest BCUT2D eigenvalue weighted by Crippen LogP contribution is 2.33. The number of aryl methyl sites for hydroxylation is 2. The second kappa shape index (κ2) is 7.58. The SMILES string of the molecule is CN(C)CC(=O)C=C1c2ccccc2CCc2ccccc21.Cl. The van der Waals surface area contributed by atoms with E-state index in [0.29, 0.717) is 6.54 Å². The first-order chi connectivity index (χ1) is 10.6. The smallest absolute Gasteiger partial charge is 0.170 e. The first-order valence-electron chi connectivity index (χ1n) is 7.71. The Bertz CT molecular complexity index is 684. The van der Waals surface area contributed by atoms with Crippen LogP contribution in [0, 0.1) is 0 Å². The summed E-state index contributed by atoms with van der Waals surface area (Å²) in [4.78, 5) is 14.2. The number of fused-ring (bicyclic) bond motifs is 2. The van der Waals surface area contributed by atoms with Gasteiger partial charge in [-0.15, -0.1) is 12.4 Å². The summed E-state index contributed by atoms with van der Waals surface area (Å²) in [7, 11) is 3.84. The fourth-order valence-electron chi connectivity index (χ4n) is 3.09. The van der Waals surface area contributed by atoms with E-state index in [1.165, 1.54) is 22.3 Å². The van der Waals surface area contributed by atoms with Gasteiger partial charge in [0.15, 0.2) is 5.78 Å². The van der Waals surface area contributed by atoms with Crippen LogP contribution in [0.2, 0.25) is 0 Å². The van der Waals surface area contributed by atoms with Crippen LogP contribution in [0.1, 0.15) is 22.3 Å². The molecule has 0 spiro atoms. The van der Waals surface area contributed by atoms with Crippen LogP contribution in [0.5, 0.6) is 0 Å². The van der Waals surface area contributed by atoms with Crippen LogP contribution in [0.4, 0.5) is 0 Å². The molecule has 0 unspecified atom stereocenters. The molecule has 0 radical (unpaired) electrons. The average Bonchev–Trinajstić information content (AvgIpc) is 2.65. The summed E-state index contributed by atoms with van der Waals surface area (Å²) >= 11 is 0. The third-order valence-corrected chi connectivity index (χ3v) is 4.06. The second-order valence-corrected chi connectivity index (χ2v) is 6.08. The molecule has 0 aliphatic heterocycles. The van der Waals surface area contributed by atoms with Crippen LogP contribution in [0.3, 0.4) is 0 Å². The molecule has 0 bridgehead atoms. The van der Waals surface area contributed by atoms with E-state index < -0.39 is 0 Å². The van der Waals surface area contributed by atoms with E-state index >= 15 is 0 Å². The molecular formula is C20H22ClNO. The van der Waals surface area contributed by atoms with E-state index in [1.54, 1.807) is 0 Å². The van der Waals surface area contributed by atoms with Gasteiger partial charge in [-0.1, -0.05) is 48.5 Å². The zero-order valence-electron chi connectivity index (χ0n) is 13.6. The molecule has 3 rings (SSSR count). The quantitative estimate of drug-likeness (QED) is 0.800. The van der Waals surface area contributed by atoms with Crippen LogP contribution in [0.25, 0.3) is 5.57 Å². The van der Waals surface area contributed by atoms with E-state index in [1.807, 2.05) is 25.1 Å². The van der Waals surface area contributed by atoms with Crippen molar-refractivity contribution < 1.29 is 4.79 Å². The Morgan fingerprint density at radius 1 is 0.957 bits per heavy atom. The summed E-state index contributed by atoms with van der Waals surface area (Å²) in [5, 5.41) is 0. The van der Waals surface area contributed by atoms with E-state index in [2.05, 4.69) is 48.5 Å². The predicted molar refractivity (Wildman–Crippen MR) is 98.2 cm³/mol. The lowest BCUT2D eigenvalue weighted by Crippen LogP contribution is -2.20. The topological polar surface area (TPSA) is 20.3 Å². The summed E-state index contributed by atoms with van der Waals surface area (Å²) in [6.45, 7) is 0.438. The monoisotopic (exact) mass is 327 g/mol. The molecule has 0 heterocycles. The number of hydrogen-bond donors (Lipinski definition) is 0. The Morgan fingerprint density at radius 3 is 1.91 bits per heavy atom. The Morgan fingerprint density at radius 2 is 1.43 bits per heavy atom. The van der Waals surface area contributed by atoms with Gasteiger partial charge in [0, 0.05) is 0 Å². The van der Waals surface area contributed by atoms with Crippen molar-refractivity contribution >= 4 is 23.8 Å². The number of benzene rings is 2. The molecule has 2 aromatic carbocycles. The molecule has 0 saturated heterocycles. The average molecular weight is 328 g/mol. The van der Waals surface area contributed by atoms with Crippen molar-refractivity contribution in [1.82, 2.24) is 4.90 Å². The summed E-state index contributed by atoms with van der Waals surface area (Å²) in [5.74, 6) is 0.145. The molecule has 1 aliphatic rings. The lowest BCUT2D eigenvalue weighted by molar-refractivity contribution is -0.115. The largest absolute Gasteiger partial charge is 0.302 e. The fourth-order valence-corrected chi connectivity index (χ4v) is 3.09. The van der Waals surface area contributed by atoms with Gasteiger partial charge in [-0.2, -0.15) is 0 Å². The van der Waals surface area contributed by atoms with Gasteiger partial charge in [0.05, 0.1) is 6.54 Å². The molecule has 0 saturated carbocycles. The third kappa shape index (κ3) is 3.90. The van der Waals surface area contributed by atoms with Gasteiger partial charge in [0.1, 0.15) is 0 Å². The van der Waals surface area contributed by atoms with Crippen molar-refractivity contribution in [3.8, 4) is 0 Å². The first-order valence-corrected chi connectivity index (χ1v) is 7.71. The minimum atomic E-state index is 0. The molecule has 0 aromatic heterocycles. The highest BCUT2D eigenvalue weighted by atomic mass is 35.5. The van der Waals surface area contributed by atoms with E-state index in [0.717, 1.165) is 18.4 Å². The summed E-state index contributed by atoms with van der Waals surface area (Å²) in [6, 6.07) is 16.9. The van der Waals surface area contributed by atoms with Gasteiger partial charge in [0.2, 0.25) is 0 Å². The summed E-state index contributed by atoms with van der Waals surface area (Å²) in [5.41, 5.74) is 6.10. The highest BCUT2D eigenvalue weighted by molar-refractivity contribution is 6.02. The van der Waals surface area contributed by atoms with Crippen LogP contribution < -0.4 is 0 Å². The Kier molecular flexibility index (Phi) is 5.75. The van der Waals surface area contributed by atoms with Crippen LogP contribution in [-0.2, 0) is 17.6 Å². The van der Waals surface area contributed by atoms with Crippen molar-refractivity contribution in [3.05, 3.63) is 76.9 Å². The molecule has 0 amide bonds. The Labute approximate surface area is 144 Å². The maximum atomic E-state index is 12.3. The molecule has 1 aliphatic carbocycles. The minimum absolute atomic E-state index is 0. The maximum Gasteiger partial charge on any atom is 0.170 e. The van der Waals surface area contributed by atoms with Gasteiger partial charge in [-0.25, -0.2) is 0 Å². The highest BCUT2D eigenvalue weighted by Gasteiger charge is 2.18. The number of rotatable bonds is 3. The molecule has 0 N–H and O–H groups in total. The van der Waals surface area contributed by atoms with Crippen LogP contribution in [-0.4, -0.2) is 31.3 Å². The van der Waals surface area contributed by atoms with Crippen molar-refractivity contribution in [3.63, 3.8) is 0 Å². The van der Waals surface area contributed by atoms with Crippen LogP contribution >= 0.6 is 12.4 Å². The van der Waals surface area contributed by atoms with E-state index in [-0.39, 0.29) is 18.2 Å². The summed E-state index contributed by atoms with van der Waals surface area (Å²) in [6.07, 6.45) is 3.86. The van der Waals surface area contributed by atoms with Gasteiger partial charge in [-0.3, -0.25) is 4.79 Å². The molecule has 2 aromatic rings. The molecule has 2 nitrogen and oxygen atoms in total. The Hall–Kier alpha value is -1.90. The standard InChI is InChI=1S/C20H21NO.ClH/c1-21(2)14-17(22)13-20-18-9-5-3-7-15(18)11-12-16-8-4-6-10-19(16)20;/h3-10,13H,11-12,14H2,1-2H3;1H. The molecule has 23 heavy (non-hydrogen) atoms. The molecule has 3 heteroatoms. The molecular weight excluding hydrogens is 306 g/mol. The van der Waals surface area contributed by atoms with Crippen molar-refractivity contribution in [2.75, 3.05) is 20.6 Å². The molecule has 120 valence electrons. The van der Waals surface area contributed by atoms with E-state index in [4.69, 9.17) is 0 Å². The Balaban J connectivity index is 0.00000192. The van der Waals surface area contributed by atoms with Crippen LogP contribution in [0.15, 0.2) is 54.6 Å².